The molecule has 23 heavy (non-hydrogen) atoms. The SMILES string of the molecule is S=c1sc2c(Cl)nc(-c3cccnc3)nc2n1-c1ccccc1. The molecule has 0 amide bonds. The Morgan fingerprint density at radius 1 is 1.04 bits per heavy atom. The van der Waals surface area contributed by atoms with Gasteiger partial charge in [0.25, 0.3) is 0 Å². The van der Waals surface area contributed by atoms with Crippen LogP contribution in [0.25, 0.3) is 27.4 Å². The summed E-state index contributed by atoms with van der Waals surface area (Å²) in [4.78, 5) is 13.2. The van der Waals surface area contributed by atoms with Crippen LogP contribution in [0.5, 0.6) is 0 Å². The van der Waals surface area contributed by atoms with Gasteiger partial charge in [0, 0.05) is 23.6 Å². The molecule has 0 saturated carbocycles. The van der Waals surface area contributed by atoms with E-state index in [1.807, 2.05) is 47.0 Å². The van der Waals surface area contributed by atoms with E-state index in [4.69, 9.17) is 23.8 Å². The third-order valence-corrected chi connectivity index (χ3v) is 5.08. The number of benzene rings is 1. The van der Waals surface area contributed by atoms with Gasteiger partial charge in [-0.3, -0.25) is 9.55 Å². The lowest BCUT2D eigenvalue weighted by molar-refractivity contribution is 1.07. The molecular weight excluding hydrogens is 348 g/mol. The number of nitrogens with zero attached hydrogens (tertiary/aromatic N) is 4. The molecule has 0 bridgehead atoms. The summed E-state index contributed by atoms with van der Waals surface area (Å²) < 4.78 is 3.39. The Hall–Kier alpha value is -2.15. The lowest BCUT2D eigenvalue weighted by atomic mass is 10.2. The first kappa shape index (κ1) is 14.4. The number of halogens is 1. The Morgan fingerprint density at radius 2 is 1.87 bits per heavy atom. The molecule has 3 aromatic heterocycles. The van der Waals surface area contributed by atoms with Gasteiger partial charge in [0.1, 0.15) is 4.70 Å². The molecule has 4 nitrogen and oxygen atoms in total. The smallest absolute Gasteiger partial charge is 0.168 e. The van der Waals surface area contributed by atoms with Gasteiger partial charge in [-0.15, -0.1) is 0 Å². The normalized spacial score (nSPS) is 11.0. The van der Waals surface area contributed by atoms with E-state index in [9.17, 15) is 0 Å². The van der Waals surface area contributed by atoms with E-state index < -0.39 is 0 Å². The fraction of sp³-hybridized carbons (Fsp3) is 0. The van der Waals surface area contributed by atoms with E-state index in [0.29, 0.717) is 20.6 Å². The summed E-state index contributed by atoms with van der Waals surface area (Å²) in [6, 6.07) is 13.6. The van der Waals surface area contributed by atoms with Crippen LogP contribution in [-0.4, -0.2) is 19.5 Å². The summed E-state index contributed by atoms with van der Waals surface area (Å²) >= 11 is 13.3. The zero-order valence-electron chi connectivity index (χ0n) is 11.7. The van der Waals surface area contributed by atoms with E-state index in [2.05, 4.69) is 15.0 Å². The lowest BCUT2D eigenvalue weighted by Crippen LogP contribution is -1.98. The van der Waals surface area contributed by atoms with Gasteiger partial charge in [-0.1, -0.05) is 41.1 Å². The minimum absolute atomic E-state index is 0.402. The minimum atomic E-state index is 0.402. The van der Waals surface area contributed by atoms with Crippen LogP contribution < -0.4 is 0 Å². The number of pyridine rings is 1. The van der Waals surface area contributed by atoms with Crippen molar-refractivity contribution in [1.82, 2.24) is 19.5 Å². The summed E-state index contributed by atoms with van der Waals surface area (Å²) in [6.45, 7) is 0. The van der Waals surface area contributed by atoms with Crippen LogP contribution in [0, 0.1) is 3.95 Å². The first-order valence-electron chi connectivity index (χ1n) is 6.79. The Bertz CT molecular complexity index is 1040. The van der Waals surface area contributed by atoms with Gasteiger partial charge in [-0.05, 0) is 36.5 Å². The molecule has 4 aromatic rings. The predicted octanol–water partition coefficient (Wildman–Crippen LogP) is 4.93. The maximum absolute atomic E-state index is 6.36. The van der Waals surface area contributed by atoms with E-state index in [1.165, 1.54) is 11.3 Å². The van der Waals surface area contributed by atoms with Crippen LogP contribution in [0.1, 0.15) is 0 Å². The Morgan fingerprint density at radius 3 is 2.61 bits per heavy atom. The number of rotatable bonds is 2. The molecule has 0 unspecified atom stereocenters. The van der Waals surface area contributed by atoms with E-state index in [1.54, 1.807) is 12.4 Å². The topological polar surface area (TPSA) is 43.6 Å². The van der Waals surface area contributed by atoms with Gasteiger partial charge in [-0.2, -0.15) is 0 Å². The maximum atomic E-state index is 6.36. The number of hydrogen-bond acceptors (Lipinski definition) is 5. The largest absolute Gasteiger partial charge is 0.276 e. The molecule has 0 fully saturated rings. The maximum Gasteiger partial charge on any atom is 0.168 e. The molecule has 0 radical (unpaired) electrons. The molecule has 0 saturated heterocycles. The summed E-state index contributed by atoms with van der Waals surface area (Å²) in [5, 5.41) is 0.402. The number of para-hydroxylation sites is 1. The first-order chi connectivity index (χ1) is 11.2. The van der Waals surface area contributed by atoms with Crippen molar-refractivity contribution in [3.63, 3.8) is 0 Å². The van der Waals surface area contributed by atoms with E-state index >= 15 is 0 Å². The third-order valence-electron chi connectivity index (χ3n) is 3.32. The Balaban J connectivity index is 2.04. The highest BCUT2D eigenvalue weighted by atomic mass is 35.5. The highest BCUT2D eigenvalue weighted by Gasteiger charge is 2.15. The highest BCUT2D eigenvalue weighted by molar-refractivity contribution is 7.73. The molecule has 7 heteroatoms. The summed E-state index contributed by atoms with van der Waals surface area (Å²) in [7, 11) is 0. The predicted molar refractivity (Wildman–Crippen MR) is 95.8 cm³/mol. The van der Waals surface area contributed by atoms with Gasteiger partial charge in [-0.25, -0.2) is 9.97 Å². The number of aromatic nitrogens is 4. The van der Waals surface area contributed by atoms with Crippen molar-refractivity contribution in [2.45, 2.75) is 0 Å². The molecule has 0 atom stereocenters. The van der Waals surface area contributed by atoms with Gasteiger partial charge in [0.05, 0.1) is 0 Å². The summed E-state index contributed by atoms with van der Waals surface area (Å²) in [5.74, 6) is 0.535. The number of thiazole rings is 1. The summed E-state index contributed by atoms with van der Waals surface area (Å²) in [6.07, 6.45) is 3.42. The zero-order chi connectivity index (χ0) is 15.8. The van der Waals surface area contributed by atoms with Crippen LogP contribution in [0.3, 0.4) is 0 Å². The molecule has 0 aliphatic carbocycles. The molecule has 112 valence electrons. The van der Waals surface area contributed by atoms with Gasteiger partial charge < -0.3 is 0 Å². The van der Waals surface area contributed by atoms with Crippen LogP contribution in [-0.2, 0) is 0 Å². The second-order valence-electron chi connectivity index (χ2n) is 4.77. The fourth-order valence-corrected chi connectivity index (χ4v) is 3.84. The van der Waals surface area contributed by atoms with Crippen LogP contribution >= 0.6 is 35.2 Å². The average Bonchev–Trinajstić information content (AvgIpc) is 2.93. The van der Waals surface area contributed by atoms with Crippen LogP contribution in [0.4, 0.5) is 0 Å². The standard InChI is InChI=1S/C16H9ClN4S2/c17-13-12-15(20-14(19-13)10-5-4-8-18-9-10)21(16(22)23-12)11-6-2-1-3-7-11/h1-9H. The zero-order valence-corrected chi connectivity index (χ0v) is 14.1. The second-order valence-corrected chi connectivity index (χ2v) is 6.77. The van der Waals surface area contributed by atoms with Crippen molar-refractivity contribution in [3.8, 4) is 17.1 Å². The molecule has 0 aliphatic heterocycles. The van der Waals surface area contributed by atoms with Crippen molar-refractivity contribution < 1.29 is 0 Å². The summed E-state index contributed by atoms with van der Waals surface area (Å²) in [5.41, 5.74) is 2.48. The average molecular weight is 357 g/mol. The van der Waals surface area contributed by atoms with Gasteiger partial charge >= 0.3 is 0 Å². The molecule has 0 spiro atoms. The Labute approximate surface area is 146 Å². The van der Waals surface area contributed by atoms with Crippen molar-refractivity contribution in [2.24, 2.45) is 0 Å². The first-order valence-corrected chi connectivity index (χ1v) is 8.39. The van der Waals surface area contributed by atoms with Gasteiger partial charge in [0.2, 0.25) is 0 Å². The lowest BCUT2D eigenvalue weighted by Gasteiger charge is -2.06. The van der Waals surface area contributed by atoms with Gasteiger partial charge in [0.15, 0.2) is 20.6 Å². The monoisotopic (exact) mass is 356 g/mol. The molecule has 0 aliphatic rings. The van der Waals surface area contributed by atoms with E-state index in [0.717, 1.165) is 16.0 Å². The van der Waals surface area contributed by atoms with Crippen molar-refractivity contribution in [3.05, 3.63) is 64.0 Å². The Kier molecular flexibility index (Phi) is 3.65. The van der Waals surface area contributed by atoms with Crippen molar-refractivity contribution >= 4 is 45.5 Å². The number of hydrogen-bond donors (Lipinski definition) is 0. The molecule has 1 aromatic carbocycles. The van der Waals surface area contributed by atoms with E-state index in [-0.39, 0.29) is 0 Å². The molecule has 0 N–H and O–H groups in total. The van der Waals surface area contributed by atoms with Crippen molar-refractivity contribution in [1.29, 1.82) is 0 Å². The second kappa shape index (κ2) is 5.81. The fourth-order valence-electron chi connectivity index (χ4n) is 2.30. The molecular formula is C16H9ClN4S2. The third kappa shape index (κ3) is 2.55. The van der Waals surface area contributed by atoms with Crippen LogP contribution in [0.15, 0.2) is 54.9 Å². The quantitative estimate of drug-likeness (QED) is 0.377. The highest BCUT2D eigenvalue weighted by Crippen LogP contribution is 2.31. The number of fused-ring (bicyclic) bond motifs is 1. The van der Waals surface area contributed by atoms with Crippen LogP contribution in [0.2, 0.25) is 5.15 Å². The minimum Gasteiger partial charge on any atom is -0.276 e. The molecule has 4 rings (SSSR count). The molecule has 3 heterocycles. The van der Waals surface area contributed by atoms with Crippen molar-refractivity contribution in [2.75, 3.05) is 0 Å².